The van der Waals surface area contributed by atoms with Crippen molar-refractivity contribution in [1.82, 2.24) is 0 Å². The van der Waals surface area contributed by atoms with Gasteiger partial charge in [0, 0.05) is 12.3 Å². The summed E-state index contributed by atoms with van der Waals surface area (Å²) in [5.41, 5.74) is 0. The Bertz CT molecular complexity index is 120. The average Bonchev–Trinajstić information content (AvgIpc) is 1.80. The van der Waals surface area contributed by atoms with Crippen LogP contribution in [0.15, 0.2) is 0 Å². The summed E-state index contributed by atoms with van der Waals surface area (Å²) in [6, 6.07) is 0. The molecule has 2 nitrogen and oxygen atoms in total. The maximum atomic E-state index is 10.8. The van der Waals surface area contributed by atoms with Gasteiger partial charge in [0.05, 0.1) is 6.10 Å². The van der Waals surface area contributed by atoms with Crippen LogP contribution in [-0.4, -0.2) is 17.0 Å². The first kappa shape index (κ1) is 6.75. The number of aliphatic hydroxyl groups is 1. The molecule has 0 aromatic carbocycles. The van der Waals surface area contributed by atoms with Gasteiger partial charge in [-0.3, -0.25) is 4.79 Å². The summed E-state index contributed by atoms with van der Waals surface area (Å²) in [6.07, 6.45) is 1.68. The number of carbonyl (C=O) groups excluding carboxylic acids is 1. The van der Waals surface area contributed by atoms with Crippen molar-refractivity contribution in [2.45, 2.75) is 32.3 Å². The molecule has 1 N–H and O–H groups in total. The number of ketones is 1. The zero-order valence-corrected chi connectivity index (χ0v) is 5.63. The van der Waals surface area contributed by atoms with E-state index in [1.807, 2.05) is 6.92 Å². The van der Waals surface area contributed by atoms with Gasteiger partial charge in [-0.2, -0.15) is 0 Å². The second kappa shape index (κ2) is 2.48. The van der Waals surface area contributed by atoms with Crippen molar-refractivity contribution < 1.29 is 9.90 Å². The van der Waals surface area contributed by atoms with Gasteiger partial charge in [-0.1, -0.05) is 6.92 Å². The zero-order chi connectivity index (χ0) is 6.85. The molecule has 9 heavy (non-hydrogen) atoms. The molecule has 1 aliphatic rings. The molecular formula is C7H12O2. The topological polar surface area (TPSA) is 37.3 Å². The molecule has 1 rings (SSSR count). The summed E-state index contributed by atoms with van der Waals surface area (Å²) in [5, 5.41) is 8.98. The standard InChI is InChI=1S/C7H12O2/c1-5-2-3-6(8)4-7(5)9/h5-6,8H,2-4H2,1H3/t5-,6+/m1/s1. The van der Waals surface area contributed by atoms with Crippen LogP contribution in [0.3, 0.4) is 0 Å². The third kappa shape index (κ3) is 1.52. The van der Waals surface area contributed by atoms with Crippen LogP contribution in [-0.2, 0) is 4.79 Å². The Balaban J connectivity index is 2.44. The maximum Gasteiger partial charge on any atom is 0.138 e. The van der Waals surface area contributed by atoms with Crippen molar-refractivity contribution in [3.8, 4) is 0 Å². The Morgan fingerprint density at radius 2 is 2.22 bits per heavy atom. The van der Waals surface area contributed by atoms with Crippen molar-refractivity contribution >= 4 is 5.78 Å². The van der Waals surface area contributed by atoms with Crippen molar-refractivity contribution in [3.63, 3.8) is 0 Å². The van der Waals surface area contributed by atoms with Crippen LogP contribution in [0.1, 0.15) is 26.2 Å². The Kier molecular flexibility index (Phi) is 1.86. The lowest BCUT2D eigenvalue weighted by molar-refractivity contribution is -0.127. The molecule has 0 unspecified atom stereocenters. The van der Waals surface area contributed by atoms with Crippen molar-refractivity contribution in [3.05, 3.63) is 0 Å². The van der Waals surface area contributed by atoms with Crippen LogP contribution < -0.4 is 0 Å². The third-order valence-electron chi connectivity index (χ3n) is 1.92. The van der Waals surface area contributed by atoms with E-state index in [9.17, 15) is 4.79 Å². The molecule has 0 heterocycles. The second-order valence-electron chi connectivity index (χ2n) is 2.80. The molecule has 52 valence electrons. The molecule has 0 aromatic heterocycles. The first-order valence-electron chi connectivity index (χ1n) is 3.41. The number of Topliss-reactive ketones (excluding diaryl/α,β-unsaturated/α-hetero) is 1. The summed E-state index contributed by atoms with van der Waals surface area (Å²) in [5.74, 6) is 0.405. The molecule has 0 aromatic rings. The minimum absolute atomic E-state index is 0.188. The van der Waals surface area contributed by atoms with Crippen LogP contribution in [0, 0.1) is 5.92 Å². The van der Waals surface area contributed by atoms with Crippen molar-refractivity contribution in [2.75, 3.05) is 0 Å². The van der Waals surface area contributed by atoms with Gasteiger partial charge in [-0.05, 0) is 12.8 Å². The lowest BCUT2D eigenvalue weighted by Gasteiger charge is -2.20. The minimum Gasteiger partial charge on any atom is -0.393 e. The molecule has 0 saturated heterocycles. The van der Waals surface area contributed by atoms with Gasteiger partial charge in [0.2, 0.25) is 0 Å². The number of rotatable bonds is 0. The van der Waals surface area contributed by atoms with E-state index in [-0.39, 0.29) is 17.8 Å². The monoisotopic (exact) mass is 128 g/mol. The Hall–Kier alpha value is -0.370. The fourth-order valence-electron chi connectivity index (χ4n) is 1.14. The van der Waals surface area contributed by atoms with E-state index in [0.717, 1.165) is 12.8 Å². The van der Waals surface area contributed by atoms with E-state index in [4.69, 9.17) is 5.11 Å². The molecule has 0 radical (unpaired) electrons. The second-order valence-corrected chi connectivity index (χ2v) is 2.80. The fraction of sp³-hybridized carbons (Fsp3) is 0.857. The maximum absolute atomic E-state index is 10.8. The SMILES string of the molecule is C[C@@H]1CC[C@H](O)CC1=O. The fourth-order valence-corrected chi connectivity index (χ4v) is 1.14. The number of hydrogen-bond acceptors (Lipinski definition) is 2. The van der Waals surface area contributed by atoms with Gasteiger partial charge in [-0.15, -0.1) is 0 Å². The lowest BCUT2D eigenvalue weighted by atomic mass is 9.88. The van der Waals surface area contributed by atoms with E-state index < -0.39 is 0 Å². The summed E-state index contributed by atoms with van der Waals surface area (Å²) >= 11 is 0. The molecule has 1 saturated carbocycles. The van der Waals surface area contributed by atoms with Crippen LogP contribution in [0.5, 0.6) is 0 Å². The van der Waals surface area contributed by atoms with Gasteiger partial charge in [0.1, 0.15) is 5.78 Å². The van der Waals surface area contributed by atoms with Gasteiger partial charge in [-0.25, -0.2) is 0 Å². The zero-order valence-electron chi connectivity index (χ0n) is 5.63. The number of aliphatic hydroxyl groups excluding tert-OH is 1. The van der Waals surface area contributed by atoms with E-state index in [2.05, 4.69) is 0 Å². The summed E-state index contributed by atoms with van der Waals surface area (Å²) in [4.78, 5) is 10.8. The van der Waals surface area contributed by atoms with Crippen LogP contribution in [0.25, 0.3) is 0 Å². The van der Waals surface area contributed by atoms with Gasteiger partial charge in [0.15, 0.2) is 0 Å². The Morgan fingerprint density at radius 3 is 2.67 bits per heavy atom. The quantitative estimate of drug-likeness (QED) is 0.522. The predicted octanol–water partition coefficient (Wildman–Crippen LogP) is 0.736. The first-order valence-corrected chi connectivity index (χ1v) is 3.41. The van der Waals surface area contributed by atoms with E-state index in [1.54, 1.807) is 0 Å². The minimum atomic E-state index is -0.353. The average molecular weight is 128 g/mol. The van der Waals surface area contributed by atoms with Crippen molar-refractivity contribution in [2.24, 2.45) is 5.92 Å². The highest BCUT2D eigenvalue weighted by Crippen LogP contribution is 2.19. The summed E-state index contributed by atoms with van der Waals surface area (Å²) in [7, 11) is 0. The molecule has 0 aliphatic heterocycles. The Morgan fingerprint density at radius 1 is 1.56 bits per heavy atom. The predicted molar refractivity (Wildman–Crippen MR) is 34.0 cm³/mol. The number of carbonyl (C=O) groups is 1. The van der Waals surface area contributed by atoms with Crippen molar-refractivity contribution in [1.29, 1.82) is 0 Å². The highest BCUT2D eigenvalue weighted by Gasteiger charge is 2.23. The molecule has 0 amide bonds. The highest BCUT2D eigenvalue weighted by molar-refractivity contribution is 5.81. The highest BCUT2D eigenvalue weighted by atomic mass is 16.3. The third-order valence-corrected chi connectivity index (χ3v) is 1.92. The molecule has 1 fully saturated rings. The van der Waals surface area contributed by atoms with Gasteiger partial charge in [0.25, 0.3) is 0 Å². The molecule has 2 atom stereocenters. The lowest BCUT2D eigenvalue weighted by Crippen LogP contribution is -2.25. The molecular weight excluding hydrogens is 116 g/mol. The molecule has 0 bridgehead atoms. The summed E-state index contributed by atoms with van der Waals surface area (Å²) in [6.45, 7) is 1.92. The Labute approximate surface area is 54.9 Å². The smallest absolute Gasteiger partial charge is 0.138 e. The van der Waals surface area contributed by atoms with E-state index in [1.165, 1.54) is 0 Å². The van der Waals surface area contributed by atoms with Crippen LogP contribution in [0.2, 0.25) is 0 Å². The molecule has 0 spiro atoms. The molecule has 2 heteroatoms. The van der Waals surface area contributed by atoms with Crippen LogP contribution >= 0.6 is 0 Å². The number of hydrogen-bond donors (Lipinski definition) is 1. The van der Waals surface area contributed by atoms with E-state index in [0.29, 0.717) is 6.42 Å². The summed E-state index contributed by atoms with van der Waals surface area (Å²) < 4.78 is 0. The van der Waals surface area contributed by atoms with Gasteiger partial charge >= 0.3 is 0 Å². The van der Waals surface area contributed by atoms with E-state index >= 15 is 0 Å². The van der Waals surface area contributed by atoms with Crippen LogP contribution in [0.4, 0.5) is 0 Å². The molecule has 1 aliphatic carbocycles. The largest absolute Gasteiger partial charge is 0.393 e. The first-order chi connectivity index (χ1) is 4.20. The van der Waals surface area contributed by atoms with Gasteiger partial charge < -0.3 is 5.11 Å². The normalized spacial score (nSPS) is 36.9.